The summed E-state index contributed by atoms with van der Waals surface area (Å²) in [5, 5.41) is 16.6. The van der Waals surface area contributed by atoms with Gasteiger partial charge in [-0.05, 0) is 24.3 Å². The normalized spacial score (nSPS) is 12.2. The summed E-state index contributed by atoms with van der Waals surface area (Å²) in [5.74, 6) is -0.804. The van der Waals surface area contributed by atoms with Crippen molar-refractivity contribution in [1.82, 2.24) is 14.6 Å². The van der Waals surface area contributed by atoms with Crippen LogP contribution in [0.3, 0.4) is 0 Å². The van der Waals surface area contributed by atoms with Crippen LogP contribution in [0.5, 0.6) is 0 Å². The summed E-state index contributed by atoms with van der Waals surface area (Å²) in [6.07, 6.45) is 0.404. The first kappa shape index (κ1) is 14.1. The number of fused-ring (bicyclic) bond motifs is 1. The van der Waals surface area contributed by atoms with Crippen molar-refractivity contribution in [2.75, 3.05) is 5.32 Å². The van der Waals surface area contributed by atoms with E-state index >= 15 is 0 Å². The lowest BCUT2D eigenvalue weighted by atomic mass is 10.1. The molecule has 2 aromatic heterocycles. The van der Waals surface area contributed by atoms with Crippen molar-refractivity contribution in [2.24, 2.45) is 5.92 Å². The maximum absolute atomic E-state index is 11.0. The summed E-state index contributed by atoms with van der Waals surface area (Å²) in [6, 6.07) is 15.2. The Kier molecular flexibility index (Phi) is 3.74. The molecule has 1 atom stereocenters. The minimum atomic E-state index is -0.820. The summed E-state index contributed by atoms with van der Waals surface area (Å²) < 4.78 is 1.69. The van der Waals surface area contributed by atoms with Gasteiger partial charge in [0.05, 0.1) is 5.92 Å². The molecule has 0 bridgehead atoms. The highest BCUT2D eigenvalue weighted by Gasteiger charge is 2.15. The Bertz CT molecular complexity index is 798. The highest BCUT2D eigenvalue weighted by molar-refractivity contribution is 5.69. The first-order valence-electron chi connectivity index (χ1n) is 7.03. The molecule has 112 valence electrons. The quantitative estimate of drug-likeness (QED) is 0.756. The van der Waals surface area contributed by atoms with Crippen LogP contribution in [-0.2, 0) is 11.2 Å². The van der Waals surface area contributed by atoms with Crippen LogP contribution in [0.25, 0.3) is 5.65 Å². The maximum Gasteiger partial charge on any atom is 0.306 e. The summed E-state index contributed by atoms with van der Waals surface area (Å²) in [6.45, 7) is 1.68. The molecule has 0 aliphatic carbocycles. The van der Waals surface area contributed by atoms with Crippen LogP contribution in [-0.4, -0.2) is 25.7 Å². The van der Waals surface area contributed by atoms with Gasteiger partial charge in [-0.15, -0.1) is 5.10 Å². The topological polar surface area (TPSA) is 79.5 Å². The van der Waals surface area contributed by atoms with E-state index in [9.17, 15) is 4.79 Å². The second-order valence-corrected chi connectivity index (χ2v) is 5.16. The minimum Gasteiger partial charge on any atom is -0.481 e. The Hall–Kier alpha value is -2.89. The van der Waals surface area contributed by atoms with Gasteiger partial charge < -0.3 is 10.4 Å². The van der Waals surface area contributed by atoms with Gasteiger partial charge in [-0.1, -0.05) is 31.2 Å². The molecule has 6 nitrogen and oxygen atoms in total. The van der Waals surface area contributed by atoms with Crippen LogP contribution in [0.1, 0.15) is 12.6 Å². The summed E-state index contributed by atoms with van der Waals surface area (Å²) in [5.41, 5.74) is 2.41. The third-order valence-corrected chi connectivity index (χ3v) is 3.40. The Morgan fingerprint density at radius 2 is 2.00 bits per heavy atom. The standard InChI is InChI=1S/C16H16N4O2/c1-11(15(21)22)10-13-8-5-9-14-18-16(19-20(13)14)17-12-6-3-2-4-7-12/h2-9,11H,10H2,1H3,(H,17,19)(H,21,22)/t11-/m0/s1. The van der Waals surface area contributed by atoms with Crippen molar-refractivity contribution in [3.05, 3.63) is 54.2 Å². The number of hydrogen-bond donors (Lipinski definition) is 2. The molecule has 2 N–H and O–H groups in total. The highest BCUT2D eigenvalue weighted by Crippen LogP contribution is 2.16. The van der Waals surface area contributed by atoms with Crippen molar-refractivity contribution in [3.63, 3.8) is 0 Å². The lowest BCUT2D eigenvalue weighted by molar-refractivity contribution is -0.141. The zero-order chi connectivity index (χ0) is 15.5. The van der Waals surface area contributed by atoms with Crippen LogP contribution < -0.4 is 5.32 Å². The Morgan fingerprint density at radius 1 is 1.23 bits per heavy atom. The van der Waals surface area contributed by atoms with Crippen LogP contribution >= 0.6 is 0 Å². The number of carboxylic acids is 1. The molecule has 0 aliphatic rings. The van der Waals surface area contributed by atoms with Crippen LogP contribution in [0.15, 0.2) is 48.5 Å². The largest absolute Gasteiger partial charge is 0.481 e. The van der Waals surface area contributed by atoms with E-state index in [4.69, 9.17) is 5.11 Å². The van der Waals surface area contributed by atoms with Gasteiger partial charge in [0, 0.05) is 17.8 Å². The van der Waals surface area contributed by atoms with E-state index in [1.165, 1.54) is 0 Å². The number of anilines is 2. The van der Waals surface area contributed by atoms with Crippen LogP contribution in [0, 0.1) is 5.92 Å². The maximum atomic E-state index is 11.0. The second-order valence-electron chi connectivity index (χ2n) is 5.16. The molecular weight excluding hydrogens is 280 g/mol. The van der Waals surface area contributed by atoms with E-state index in [1.807, 2.05) is 48.5 Å². The Labute approximate surface area is 127 Å². The number of carbonyl (C=O) groups is 1. The molecule has 0 aliphatic heterocycles. The number of hydrogen-bond acceptors (Lipinski definition) is 4. The molecule has 1 aromatic carbocycles. The van der Waals surface area contributed by atoms with Gasteiger partial charge >= 0.3 is 5.97 Å². The van der Waals surface area contributed by atoms with Gasteiger partial charge in [0.15, 0.2) is 5.65 Å². The molecule has 0 fully saturated rings. The van der Waals surface area contributed by atoms with Crippen molar-refractivity contribution >= 4 is 23.3 Å². The van der Waals surface area contributed by atoms with E-state index in [0.29, 0.717) is 18.0 Å². The van der Waals surface area contributed by atoms with E-state index < -0.39 is 11.9 Å². The molecule has 0 spiro atoms. The van der Waals surface area contributed by atoms with Crippen molar-refractivity contribution < 1.29 is 9.90 Å². The number of para-hydroxylation sites is 1. The number of nitrogens with zero attached hydrogens (tertiary/aromatic N) is 3. The summed E-state index contributed by atoms with van der Waals surface area (Å²) in [4.78, 5) is 15.4. The van der Waals surface area contributed by atoms with Gasteiger partial charge in [0.1, 0.15) is 0 Å². The fourth-order valence-corrected chi connectivity index (χ4v) is 2.22. The lowest BCUT2D eigenvalue weighted by Gasteiger charge is -2.07. The molecule has 0 amide bonds. The Morgan fingerprint density at radius 3 is 2.73 bits per heavy atom. The molecule has 0 saturated carbocycles. The number of nitrogens with one attached hydrogen (secondary N) is 1. The highest BCUT2D eigenvalue weighted by atomic mass is 16.4. The third kappa shape index (κ3) is 2.90. The van der Waals surface area contributed by atoms with Crippen molar-refractivity contribution in [2.45, 2.75) is 13.3 Å². The van der Waals surface area contributed by atoms with E-state index in [2.05, 4.69) is 15.4 Å². The predicted octanol–water partition coefficient (Wildman–Crippen LogP) is 2.74. The fourth-order valence-electron chi connectivity index (χ4n) is 2.22. The van der Waals surface area contributed by atoms with Gasteiger partial charge in [-0.25, -0.2) is 4.52 Å². The molecular formula is C16H16N4O2. The summed E-state index contributed by atoms with van der Waals surface area (Å²) in [7, 11) is 0. The van der Waals surface area contributed by atoms with Gasteiger partial charge in [-0.3, -0.25) is 4.79 Å². The van der Waals surface area contributed by atoms with Gasteiger partial charge in [0.25, 0.3) is 0 Å². The van der Waals surface area contributed by atoms with Crippen LogP contribution in [0.2, 0.25) is 0 Å². The minimum absolute atomic E-state index is 0.404. The monoisotopic (exact) mass is 296 g/mol. The van der Waals surface area contributed by atoms with E-state index in [1.54, 1.807) is 11.4 Å². The zero-order valence-corrected chi connectivity index (χ0v) is 12.1. The molecule has 0 unspecified atom stereocenters. The number of rotatable bonds is 5. The average Bonchev–Trinajstić information content (AvgIpc) is 2.91. The predicted molar refractivity (Wildman–Crippen MR) is 83.2 cm³/mol. The summed E-state index contributed by atoms with van der Waals surface area (Å²) >= 11 is 0. The molecule has 0 radical (unpaired) electrons. The SMILES string of the molecule is C[C@@H](Cc1cccc2nc(Nc3ccccc3)nn12)C(=O)O. The number of benzene rings is 1. The smallest absolute Gasteiger partial charge is 0.306 e. The number of aromatic nitrogens is 3. The zero-order valence-electron chi connectivity index (χ0n) is 12.1. The second kappa shape index (κ2) is 5.85. The molecule has 3 rings (SSSR count). The lowest BCUT2D eigenvalue weighted by Crippen LogP contribution is -2.14. The number of carboxylic acid groups (broad SMARTS) is 1. The fraction of sp³-hybridized carbons (Fsp3) is 0.188. The van der Waals surface area contributed by atoms with Gasteiger partial charge in [0.2, 0.25) is 5.95 Å². The molecule has 6 heteroatoms. The van der Waals surface area contributed by atoms with E-state index in [0.717, 1.165) is 11.4 Å². The Balaban J connectivity index is 1.91. The third-order valence-electron chi connectivity index (χ3n) is 3.40. The average molecular weight is 296 g/mol. The molecule has 22 heavy (non-hydrogen) atoms. The van der Waals surface area contributed by atoms with Crippen molar-refractivity contribution in [3.8, 4) is 0 Å². The number of pyridine rings is 1. The first-order chi connectivity index (χ1) is 10.6. The molecule has 2 heterocycles. The molecule has 3 aromatic rings. The van der Waals surface area contributed by atoms with E-state index in [-0.39, 0.29) is 0 Å². The van der Waals surface area contributed by atoms with Crippen molar-refractivity contribution in [1.29, 1.82) is 0 Å². The molecule has 0 saturated heterocycles. The van der Waals surface area contributed by atoms with Crippen LogP contribution in [0.4, 0.5) is 11.6 Å². The number of aliphatic carboxylic acids is 1. The first-order valence-corrected chi connectivity index (χ1v) is 7.03. The van der Waals surface area contributed by atoms with Gasteiger partial charge in [-0.2, -0.15) is 4.98 Å².